The minimum atomic E-state index is -0.209. The molecule has 1 aliphatic rings. The van der Waals surface area contributed by atoms with Crippen molar-refractivity contribution in [1.82, 2.24) is 19.5 Å². The molecule has 0 amide bonds. The van der Waals surface area contributed by atoms with Gasteiger partial charge >= 0.3 is 0 Å². The number of hydrogen-bond donors (Lipinski definition) is 2. The minimum Gasteiger partial charge on any atom is -0.375 e. The molecule has 9 heteroatoms. The minimum absolute atomic E-state index is 0.0323. The van der Waals surface area contributed by atoms with E-state index in [1.54, 1.807) is 36.8 Å². The second kappa shape index (κ2) is 11.0. The van der Waals surface area contributed by atoms with Crippen LogP contribution in [-0.4, -0.2) is 19.5 Å². The lowest BCUT2D eigenvalue weighted by molar-refractivity contribution is 0.320. The fourth-order valence-corrected chi connectivity index (χ4v) is 5.23. The van der Waals surface area contributed by atoms with Crippen LogP contribution in [0.25, 0.3) is 10.9 Å². The summed E-state index contributed by atoms with van der Waals surface area (Å²) < 4.78 is 1.90. The van der Waals surface area contributed by atoms with E-state index in [0.717, 1.165) is 29.4 Å². The predicted molar refractivity (Wildman–Crippen MR) is 146 cm³/mol. The monoisotopic (exact) mass is 513 g/mol. The molecule has 1 unspecified atom stereocenters. The van der Waals surface area contributed by atoms with Crippen molar-refractivity contribution in [1.29, 1.82) is 5.26 Å². The van der Waals surface area contributed by atoms with Crippen LogP contribution in [0.5, 0.6) is 0 Å². The van der Waals surface area contributed by atoms with E-state index >= 15 is 0 Å². The van der Waals surface area contributed by atoms with Gasteiger partial charge in [0.1, 0.15) is 22.6 Å². The van der Waals surface area contributed by atoms with E-state index in [4.69, 9.17) is 11.6 Å². The van der Waals surface area contributed by atoms with Gasteiger partial charge in [0.05, 0.1) is 17.2 Å². The number of fused-ring (bicyclic) bond motifs is 1. The fourth-order valence-electron chi connectivity index (χ4n) is 5.03. The number of nitriles is 1. The van der Waals surface area contributed by atoms with Crippen LogP contribution >= 0.6 is 11.6 Å². The number of aromatic nitrogens is 4. The van der Waals surface area contributed by atoms with Gasteiger partial charge in [0.25, 0.3) is 5.56 Å². The van der Waals surface area contributed by atoms with Crippen LogP contribution in [0.15, 0.2) is 59.8 Å². The molecular formula is C28H28ClN7O. The van der Waals surface area contributed by atoms with Crippen LogP contribution in [0.4, 0.5) is 17.1 Å². The Morgan fingerprint density at radius 3 is 2.62 bits per heavy atom. The third kappa shape index (κ3) is 5.42. The quantitative estimate of drug-likeness (QED) is 0.283. The van der Waals surface area contributed by atoms with Gasteiger partial charge in [-0.15, -0.1) is 0 Å². The van der Waals surface area contributed by atoms with Crippen molar-refractivity contribution in [2.45, 2.75) is 51.6 Å². The van der Waals surface area contributed by atoms with Gasteiger partial charge in [-0.1, -0.05) is 30.9 Å². The summed E-state index contributed by atoms with van der Waals surface area (Å²) in [6, 6.07) is 12.9. The largest absolute Gasteiger partial charge is 0.375 e. The van der Waals surface area contributed by atoms with Crippen molar-refractivity contribution in [3.05, 3.63) is 81.9 Å². The first-order valence-corrected chi connectivity index (χ1v) is 12.9. The summed E-state index contributed by atoms with van der Waals surface area (Å²) in [6.45, 7) is 2.67. The predicted octanol–water partition coefficient (Wildman–Crippen LogP) is 6.21. The van der Waals surface area contributed by atoms with Crippen LogP contribution in [0.1, 0.15) is 56.5 Å². The number of nitrogens with one attached hydrogen (secondary N) is 2. The Bertz CT molecular complexity index is 1510. The first-order chi connectivity index (χ1) is 18.0. The van der Waals surface area contributed by atoms with Gasteiger partial charge in [0.15, 0.2) is 0 Å². The van der Waals surface area contributed by atoms with Gasteiger partial charge in [-0.25, -0.2) is 15.0 Å². The summed E-state index contributed by atoms with van der Waals surface area (Å²) in [4.78, 5) is 26.1. The van der Waals surface area contributed by atoms with Gasteiger partial charge in [-0.3, -0.25) is 4.79 Å². The molecule has 5 rings (SSSR count). The molecule has 3 heterocycles. The van der Waals surface area contributed by atoms with E-state index in [1.807, 2.05) is 29.7 Å². The van der Waals surface area contributed by atoms with Crippen LogP contribution in [0, 0.1) is 17.2 Å². The highest BCUT2D eigenvalue weighted by molar-refractivity contribution is 6.31. The second-order valence-electron chi connectivity index (χ2n) is 9.48. The third-order valence-corrected chi connectivity index (χ3v) is 7.20. The highest BCUT2D eigenvalue weighted by atomic mass is 35.5. The highest BCUT2D eigenvalue weighted by Crippen LogP contribution is 2.32. The van der Waals surface area contributed by atoms with E-state index in [-0.39, 0.29) is 22.3 Å². The first-order valence-electron chi connectivity index (χ1n) is 12.6. The molecular weight excluding hydrogens is 486 g/mol. The van der Waals surface area contributed by atoms with E-state index in [9.17, 15) is 10.1 Å². The molecule has 0 bridgehead atoms. The molecule has 1 aliphatic carbocycles. The molecule has 188 valence electrons. The Hall–Kier alpha value is -3.96. The van der Waals surface area contributed by atoms with Crippen molar-refractivity contribution in [3.63, 3.8) is 0 Å². The maximum absolute atomic E-state index is 13.4. The number of benzene rings is 1. The first kappa shape index (κ1) is 24.7. The molecule has 3 aromatic heterocycles. The van der Waals surface area contributed by atoms with E-state index in [0.29, 0.717) is 29.7 Å². The van der Waals surface area contributed by atoms with Crippen molar-refractivity contribution in [2.75, 3.05) is 10.6 Å². The average Bonchev–Trinajstić information content (AvgIpc) is 2.92. The maximum Gasteiger partial charge on any atom is 0.253 e. The Morgan fingerprint density at radius 1 is 1.08 bits per heavy atom. The van der Waals surface area contributed by atoms with Crippen molar-refractivity contribution in [2.24, 2.45) is 5.92 Å². The number of halogens is 1. The Labute approximate surface area is 220 Å². The van der Waals surface area contributed by atoms with Crippen LogP contribution in [0.3, 0.4) is 0 Å². The topological polar surface area (TPSA) is 109 Å². The molecule has 1 saturated carbocycles. The summed E-state index contributed by atoms with van der Waals surface area (Å²) in [7, 11) is 0. The van der Waals surface area contributed by atoms with Crippen molar-refractivity contribution in [3.8, 4) is 6.07 Å². The average molecular weight is 514 g/mol. The molecule has 0 aliphatic heterocycles. The molecule has 37 heavy (non-hydrogen) atoms. The summed E-state index contributed by atoms with van der Waals surface area (Å²) in [5.74, 6) is 1.14. The van der Waals surface area contributed by atoms with E-state index < -0.39 is 0 Å². The van der Waals surface area contributed by atoms with Crippen LogP contribution in [0.2, 0.25) is 5.15 Å². The number of pyridine rings is 2. The fraction of sp³-hybridized carbons (Fsp3) is 0.321. The zero-order chi connectivity index (χ0) is 25.8. The molecule has 1 aromatic carbocycles. The standard InChI is InChI=1S/C28H28ClN7O/c1-18(28-32-11-5-12-33-28)34-24-15-26(37)36(17-19-6-3-2-4-7-19)25-9-8-20(14-21(24)25)35-23-10-13-31-27(29)22(23)16-30/h5,8-15,18-19,34H,2-4,6-7,17H2,1H3,(H,31,35). The summed E-state index contributed by atoms with van der Waals surface area (Å²) in [5, 5.41) is 17.3. The highest BCUT2D eigenvalue weighted by Gasteiger charge is 2.19. The Morgan fingerprint density at radius 2 is 1.86 bits per heavy atom. The normalized spacial score (nSPS) is 14.7. The molecule has 0 saturated heterocycles. The second-order valence-corrected chi connectivity index (χ2v) is 9.83. The SMILES string of the molecule is CC(Nc1cc(=O)n(CC2CCCCC2)c2ccc(Nc3ccnc(Cl)c3C#N)cc12)c1ncccn1. The third-order valence-electron chi connectivity index (χ3n) is 6.92. The molecule has 0 radical (unpaired) electrons. The zero-order valence-electron chi connectivity index (χ0n) is 20.6. The van der Waals surface area contributed by atoms with Gasteiger partial charge in [0, 0.05) is 48.0 Å². The Balaban J connectivity index is 1.57. The summed E-state index contributed by atoms with van der Waals surface area (Å²) in [5.41, 5.74) is 3.14. The summed E-state index contributed by atoms with van der Waals surface area (Å²) >= 11 is 6.13. The lowest BCUT2D eigenvalue weighted by atomic mass is 9.89. The van der Waals surface area contributed by atoms with E-state index in [1.165, 1.54) is 19.3 Å². The van der Waals surface area contributed by atoms with Gasteiger partial charge < -0.3 is 15.2 Å². The van der Waals surface area contributed by atoms with Gasteiger partial charge in [-0.2, -0.15) is 5.26 Å². The van der Waals surface area contributed by atoms with Crippen LogP contribution < -0.4 is 16.2 Å². The zero-order valence-corrected chi connectivity index (χ0v) is 21.4. The number of rotatable bonds is 7. The lowest BCUT2D eigenvalue weighted by Gasteiger charge is -2.24. The Kier molecular flexibility index (Phi) is 7.33. The van der Waals surface area contributed by atoms with Crippen molar-refractivity contribution < 1.29 is 0 Å². The van der Waals surface area contributed by atoms with Gasteiger partial charge in [-0.05, 0) is 56.0 Å². The van der Waals surface area contributed by atoms with Crippen molar-refractivity contribution >= 4 is 39.6 Å². The van der Waals surface area contributed by atoms with Gasteiger partial charge in [0.2, 0.25) is 0 Å². The van der Waals surface area contributed by atoms with E-state index in [2.05, 4.69) is 31.7 Å². The maximum atomic E-state index is 13.4. The smallest absolute Gasteiger partial charge is 0.253 e. The lowest BCUT2D eigenvalue weighted by Crippen LogP contribution is -2.26. The summed E-state index contributed by atoms with van der Waals surface area (Å²) in [6.07, 6.45) is 11.0. The van der Waals surface area contributed by atoms with Crippen LogP contribution in [-0.2, 0) is 6.54 Å². The molecule has 1 atom stereocenters. The molecule has 4 aromatic rings. The molecule has 8 nitrogen and oxygen atoms in total. The molecule has 1 fully saturated rings. The number of nitrogens with zero attached hydrogens (tertiary/aromatic N) is 5. The number of anilines is 3. The molecule has 2 N–H and O–H groups in total. The number of hydrogen-bond acceptors (Lipinski definition) is 7. The molecule has 0 spiro atoms.